The summed E-state index contributed by atoms with van der Waals surface area (Å²) in [5, 5.41) is 101. The van der Waals surface area contributed by atoms with Gasteiger partial charge in [0, 0.05) is 61.0 Å². The van der Waals surface area contributed by atoms with Crippen LogP contribution in [0, 0.1) is 102 Å². The molecule has 0 amide bonds. The molecule has 0 radical (unpaired) electrons. The summed E-state index contributed by atoms with van der Waals surface area (Å²) in [6.45, 7) is 0. The third kappa shape index (κ3) is 6.62. The van der Waals surface area contributed by atoms with Gasteiger partial charge in [0.05, 0.1) is 166 Å². The number of hydrogen-bond donors (Lipinski definition) is 0. The van der Waals surface area contributed by atoms with Crippen molar-refractivity contribution in [3.63, 3.8) is 0 Å². The van der Waals surface area contributed by atoms with Crippen molar-refractivity contribution >= 4 is 87.2 Å². The summed E-state index contributed by atoms with van der Waals surface area (Å²) in [6.07, 6.45) is 3.29. The minimum Gasteiger partial charge on any atom is -0.306 e. The van der Waals surface area contributed by atoms with Crippen LogP contribution >= 0.6 is 0 Å². The molecule has 5 heterocycles. The quantitative estimate of drug-likeness (QED) is 0.158. The van der Waals surface area contributed by atoms with Crippen LogP contribution in [0.3, 0.4) is 0 Å². The number of nitriles is 9. The fourth-order valence-corrected chi connectivity index (χ4v) is 12.1. The number of hydrogen-bond acceptors (Lipinski definition) is 10. The summed E-state index contributed by atoms with van der Waals surface area (Å²) in [5.41, 5.74) is 10.4. The second-order valence-corrected chi connectivity index (χ2v) is 19.6. The molecule has 370 valence electrons. The fourth-order valence-electron chi connectivity index (χ4n) is 12.1. The summed E-state index contributed by atoms with van der Waals surface area (Å²) in [4.78, 5) is 4.47. The summed E-state index contributed by atoms with van der Waals surface area (Å²) < 4.78 is 8.17. The maximum absolute atomic E-state index is 12.6. The Kier molecular flexibility index (Phi) is 10.3. The van der Waals surface area contributed by atoms with Gasteiger partial charge in [0.1, 0.15) is 6.07 Å². The molecule has 14 rings (SSSR count). The van der Waals surface area contributed by atoms with Gasteiger partial charge in [0.2, 0.25) is 0 Å². The van der Waals surface area contributed by atoms with Crippen LogP contribution in [0.4, 0.5) is 0 Å². The maximum Gasteiger partial charge on any atom is 0.102 e. The van der Waals surface area contributed by atoms with Crippen molar-refractivity contribution in [2.45, 2.75) is 0 Å². The van der Waals surface area contributed by atoms with Crippen molar-refractivity contribution in [3.05, 3.63) is 220 Å². The molecule has 14 nitrogen and oxygen atoms in total. The van der Waals surface area contributed by atoms with Gasteiger partial charge < -0.3 is 18.3 Å². The second kappa shape index (κ2) is 17.9. The second-order valence-electron chi connectivity index (χ2n) is 19.6. The van der Waals surface area contributed by atoms with Gasteiger partial charge in [-0.05, 0) is 163 Å². The van der Waals surface area contributed by atoms with Crippen molar-refractivity contribution in [3.8, 4) is 88.5 Å². The van der Waals surface area contributed by atoms with Crippen LogP contribution in [0.1, 0.15) is 50.1 Å². The fraction of sp³-hybridized carbons (Fsp3) is 0. The standard InChI is InChI=1S/C68H28N14/c69-29-38-1-9-56-47(21-38)48-22-39(30-70)2-10-57(48)79(56)65-55(37-77)64(46-17-19-78-20-18-46)66(80-58-11-3-40(31-71)23-49(58)50-24-41(32-72)4-12-59(50)80)68(82-62-15-7-44(35-75)27-53(62)54-28-45(36-76)8-16-63(54)82)67(65)81-60-13-5-42(33-73)25-51(60)52-26-43(34-74)6-14-61(52)81/h1-28H. The lowest BCUT2D eigenvalue weighted by Crippen LogP contribution is -2.17. The van der Waals surface area contributed by atoms with E-state index in [0.29, 0.717) is 166 Å². The Morgan fingerprint density at radius 3 is 0.695 bits per heavy atom. The summed E-state index contributed by atoms with van der Waals surface area (Å²) in [6, 6.07) is 67.5. The zero-order valence-electron chi connectivity index (χ0n) is 42.4. The molecular formula is C68H28N14. The average Bonchev–Trinajstić information content (AvgIpc) is 3.34. The van der Waals surface area contributed by atoms with E-state index in [1.807, 2.05) is 69.8 Å². The highest BCUT2D eigenvalue weighted by atomic mass is 15.1. The highest BCUT2D eigenvalue weighted by molar-refractivity contribution is 6.18. The smallest absolute Gasteiger partial charge is 0.102 e. The maximum atomic E-state index is 12.6. The van der Waals surface area contributed by atoms with Crippen LogP contribution < -0.4 is 0 Å². The van der Waals surface area contributed by atoms with E-state index in [2.05, 4.69) is 68.7 Å². The van der Waals surface area contributed by atoms with E-state index in [-0.39, 0.29) is 5.56 Å². The van der Waals surface area contributed by atoms with E-state index in [4.69, 9.17) is 0 Å². The summed E-state index contributed by atoms with van der Waals surface area (Å²) >= 11 is 0. The van der Waals surface area contributed by atoms with Gasteiger partial charge in [-0.2, -0.15) is 47.4 Å². The number of rotatable bonds is 5. The lowest BCUT2D eigenvalue weighted by atomic mass is 9.93. The number of pyridine rings is 1. The van der Waals surface area contributed by atoms with Gasteiger partial charge in [-0.25, -0.2) is 0 Å². The van der Waals surface area contributed by atoms with E-state index in [9.17, 15) is 47.4 Å². The van der Waals surface area contributed by atoms with E-state index >= 15 is 0 Å². The average molecular weight is 1040 g/mol. The number of aromatic nitrogens is 5. The van der Waals surface area contributed by atoms with Gasteiger partial charge in [-0.1, -0.05) is 0 Å². The largest absolute Gasteiger partial charge is 0.306 e. The molecule has 0 N–H and O–H groups in total. The predicted molar refractivity (Wildman–Crippen MR) is 309 cm³/mol. The van der Waals surface area contributed by atoms with E-state index < -0.39 is 0 Å². The number of nitrogens with zero attached hydrogens (tertiary/aromatic N) is 14. The lowest BCUT2D eigenvalue weighted by Gasteiger charge is -2.29. The van der Waals surface area contributed by atoms with E-state index in [1.165, 1.54) is 0 Å². The SMILES string of the molecule is N#Cc1ccc2c(c1)c1cc(C#N)ccc1n2-c1c(C#N)c(-c2ccncc2)c(-n2c3ccc(C#N)cc3c3cc(C#N)ccc32)c(-n2c3ccc(C#N)cc3c3cc(C#N)ccc32)c1-n1c2ccc(C#N)cc2c2cc(C#N)ccc21. The van der Waals surface area contributed by atoms with Crippen molar-refractivity contribution in [2.75, 3.05) is 0 Å². The first kappa shape index (κ1) is 47.2. The zero-order valence-corrected chi connectivity index (χ0v) is 42.4. The Morgan fingerprint density at radius 1 is 0.244 bits per heavy atom. The topological polar surface area (TPSA) is 247 Å². The van der Waals surface area contributed by atoms with Gasteiger partial charge in [0.15, 0.2) is 0 Å². The molecule has 0 bridgehead atoms. The van der Waals surface area contributed by atoms with E-state index in [0.717, 1.165) is 0 Å². The molecule has 82 heavy (non-hydrogen) atoms. The summed E-state index contributed by atoms with van der Waals surface area (Å²) in [5.74, 6) is 0. The lowest BCUT2D eigenvalue weighted by molar-refractivity contribution is 1.02. The molecular weight excluding hydrogens is 1010 g/mol. The summed E-state index contributed by atoms with van der Waals surface area (Å²) in [7, 11) is 0. The zero-order chi connectivity index (χ0) is 56.1. The molecule has 0 spiro atoms. The predicted octanol–water partition coefficient (Wildman–Crippen LogP) is 14.0. The first-order chi connectivity index (χ1) is 40.3. The Morgan fingerprint density at radius 2 is 0.463 bits per heavy atom. The Bertz CT molecular complexity index is 5420. The van der Waals surface area contributed by atoms with Crippen LogP contribution in [-0.4, -0.2) is 23.3 Å². The molecule has 5 aromatic heterocycles. The molecule has 0 saturated heterocycles. The van der Waals surface area contributed by atoms with E-state index in [1.54, 1.807) is 109 Å². The first-order valence-electron chi connectivity index (χ1n) is 25.4. The van der Waals surface area contributed by atoms with Gasteiger partial charge in [-0.3, -0.25) is 4.98 Å². The minimum atomic E-state index is 0.154. The van der Waals surface area contributed by atoms with Gasteiger partial charge >= 0.3 is 0 Å². The molecule has 0 aliphatic carbocycles. The van der Waals surface area contributed by atoms with Crippen molar-refractivity contribution < 1.29 is 0 Å². The highest BCUT2D eigenvalue weighted by Crippen LogP contribution is 2.52. The van der Waals surface area contributed by atoms with Gasteiger partial charge in [0.25, 0.3) is 0 Å². The van der Waals surface area contributed by atoms with Crippen LogP contribution in [0.15, 0.2) is 170 Å². The number of fused-ring (bicyclic) bond motifs is 12. The Labute approximate surface area is 464 Å². The van der Waals surface area contributed by atoms with Crippen LogP contribution in [0.2, 0.25) is 0 Å². The minimum absolute atomic E-state index is 0.154. The molecule has 0 atom stereocenters. The molecule has 0 aliphatic rings. The van der Waals surface area contributed by atoms with Crippen molar-refractivity contribution in [2.24, 2.45) is 0 Å². The molecule has 0 aliphatic heterocycles. The molecule has 14 aromatic rings. The van der Waals surface area contributed by atoms with Crippen LogP contribution in [0.5, 0.6) is 0 Å². The third-order valence-electron chi connectivity index (χ3n) is 15.5. The first-order valence-corrected chi connectivity index (χ1v) is 25.4. The molecule has 9 aromatic carbocycles. The third-order valence-corrected chi connectivity index (χ3v) is 15.5. The normalized spacial score (nSPS) is 11.1. The highest BCUT2D eigenvalue weighted by Gasteiger charge is 2.35. The van der Waals surface area contributed by atoms with Crippen molar-refractivity contribution in [1.82, 2.24) is 23.3 Å². The molecule has 14 heteroatoms. The van der Waals surface area contributed by atoms with Crippen LogP contribution in [0.25, 0.3) is 121 Å². The van der Waals surface area contributed by atoms with Crippen LogP contribution in [-0.2, 0) is 0 Å². The molecule has 0 fully saturated rings. The molecule has 0 saturated carbocycles. The Hall–Kier alpha value is -13.3. The monoisotopic (exact) mass is 1040 g/mol. The number of benzene rings is 9. The molecule has 0 unspecified atom stereocenters. The van der Waals surface area contributed by atoms with Crippen molar-refractivity contribution in [1.29, 1.82) is 47.4 Å². The Balaban J connectivity index is 1.38. The van der Waals surface area contributed by atoms with Gasteiger partial charge in [-0.15, -0.1) is 0 Å².